The van der Waals surface area contributed by atoms with Crippen LogP contribution >= 0.6 is 0 Å². The van der Waals surface area contributed by atoms with Crippen molar-refractivity contribution in [3.63, 3.8) is 0 Å². The van der Waals surface area contributed by atoms with Gasteiger partial charge in [-0.05, 0) is 62.8 Å². The highest BCUT2D eigenvalue weighted by atomic mass is 16.5. The molecule has 2 fully saturated rings. The molecule has 1 saturated heterocycles. The van der Waals surface area contributed by atoms with E-state index in [9.17, 15) is 4.79 Å². The van der Waals surface area contributed by atoms with Crippen LogP contribution in [-0.2, 0) is 0 Å². The zero-order valence-corrected chi connectivity index (χ0v) is 23.6. The Labute approximate surface area is 228 Å². The molecule has 2 aromatic carbocycles. The van der Waals surface area contributed by atoms with Gasteiger partial charge in [0.25, 0.3) is 5.91 Å². The van der Waals surface area contributed by atoms with Gasteiger partial charge in [-0.25, -0.2) is 0 Å². The summed E-state index contributed by atoms with van der Waals surface area (Å²) in [5, 5.41) is 0. The normalized spacial score (nSPS) is 18.8. The highest BCUT2D eigenvalue weighted by Crippen LogP contribution is 2.38. The first-order valence-electron chi connectivity index (χ1n) is 14.1. The molecule has 1 aliphatic heterocycles. The SMILES string of the molecule is COc1cc(C(=O)N(C/C(C)=C/c2ccccc2)CC2CCCN2CC2CCCCC2)cc(OC)c1OC. The summed E-state index contributed by atoms with van der Waals surface area (Å²) in [6.07, 6.45) is 11.3. The van der Waals surface area contributed by atoms with Gasteiger partial charge in [0, 0.05) is 31.2 Å². The number of likely N-dealkylation sites (tertiary alicyclic amines) is 1. The summed E-state index contributed by atoms with van der Waals surface area (Å²) in [5.74, 6) is 2.25. The lowest BCUT2D eigenvalue weighted by molar-refractivity contribution is 0.0709. The number of rotatable bonds is 11. The maximum absolute atomic E-state index is 14.1. The second kappa shape index (κ2) is 13.7. The molecular formula is C32H44N2O4. The summed E-state index contributed by atoms with van der Waals surface area (Å²) >= 11 is 0. The van der Waals surface area contributed by atoms with Crippen LogP contribution in [0.2, 0.25) is 0 Å². The van der Waals surface area contributed by atoms with Crippen LogP contribution in [-0.4, -0.2) is 69.3 Å². The highest BCUT2D eigenvalue weighted by molar-refractivity contribution is 5.96. The minimum absolute atomic E-state index is 0.0189. The highest BCUT2D eigenvalue weighted by Gasteiger charge is 2.31. The van der Waals surface area contributed by atoms with Crippen molar-refractivity contribution in [2.45, 2.75) is 57.9 Å². The van der Waals surface area contributed by atoms with E-state index in [-0.39, 0.29) is 5.91 Å². The Morgan fingerprint density at radius 1 is 0.947 bits per heavy atom. The van der Waals surface area contributed by atoms with Gasteiger partial charge < -0.3 is 19.1 Å². The number of carbonyl (C=O) groups is 1. The summed E-state index contributed by atoms with van der Waals surface area (Å²) < 4.78 is 16.6. The molecule has 38 heavy (non-hydrogen) atoms. The van der Waals surface area contributed by atoms with E-state index in [4.69, 9.17) is 14.2 Å². The Bertz CT molecular complexity index is 1050. The minimum Gasteiger partial charge on any atom is -0.493 e. The number of amides is 1. The van der Waals surface area contributed by atoms with Crippen LogP contribution in [0.15, 0.2) is 48.0 Å². The van der Waals surface area contributed by atoms with Crippen molar-refractivity contribution in [1.82, 2.24) is 9.80 Å². The van der Waals surface area contributed by atoms with Crippen molar-refractivity contribution < 1.29 is 19.0 Å². The summed E-state index contributed by atoms with van der Waals surface area (Å²) in [6, 6.07) is 14.2. The maximum Gasteiger partial charge on any atom is 0.254 e. The summed E-state index contributed by atoms with van der Waals surface area (Å²) in [7, 11) is 4.74. The first-order valence-corrected chi connectivity index (χ1v) is 14.1. The maximum atomic E-state index is 14.1. The molecular weight excluding hydrogens is 476 g/mol. The minimum atomic E-state index is -0.0189. The van der Waals surface area contributed by atoms with E-state index in [1.165, 1.54) is 38.5 Å². The van der Waals surface area contributed by atoms with Crippen LogP contribution in [0.5, 0.6) is 17.2 Å². The number of carbonyl (C=O) groups excluding carboxylic acids is 1. The number of methoxy groups -OCH3 is 3. The van der Waals surface area contributed by atoms with Crippen LogP contribution in [0.4, 0.5) is 0 Å². The van der Waals surface area contributed by atoms with Crippen molar-refractivity contribution in [3.8, 4) is 17.2 Å². The number of hydrogen-bond acceptors (Lipinski definition) is 5. The molecule has 1 aliphatic carbocycles. The zero-order valence-electron chi connectivity index (χ0n) is 23.6. The Morgan fingerprint density at radius 2 is 1.63 bits per heavy atom. The smallest absolute Gasteiger partial charge is 0.254 e. The van der Waals surface area contributed by atoms with E-state index in [0.29, 0.717) is 41.9 Å². The van der Waals surface area contributed by atoms with Crippen LogP contribution < -0.4 is 14.2 Å². The van der Waals surface area contributed by atoms with E-state index < -0.39 is 0 Å². The van der Waals surface area contributed by atoms with Gasteiger partial charge in [0.05, 0.1) is 21.3 Å². The Morgan fingerprint density at radius 3 is 2.26 bits per heavy atom. The molecule has 0 N–H and O–H groups in total. The average molecular weight is 521 g/mol. The van der Waals surface area contributed by atoms with E-state index in [1.807, 2.05) is 23.1 Å². The molecule has 0 aromatic heterocycles. The fraction of sp³-hybridized carbons (Fsp3) is 0.531. The lowest BCUT2D eigenvalue weighted by atomic mass is 9.89. The lowest BCUT2D eigenvalue weighted by Gasteiger charge is -2.34. The zero-order chi connectivity index (χ0) is 26.9. The molecule has 6 heteroatoms. The molecule has 2 aromatic rings. The number of benzene rings is 2. The monoisotopic (exact) mass is 520 g/mol. The van der Waals surface area contributed by atoms with Crippen molar-refractivity contribution >= 4 is 12.0 Å². The third-order valence-electron chi connectivity index (χ3n) is 8.00. The van der Waals surface area contributed by atoms with E-state index in [2.05, 4.69) is 30.0 Å². The van der Waals surface area contributed by atoms with Gasteiger partial charge in [0.15, 0.2) is 11.5 Å². The average Bonchev–Trinajstić information content (AvgIpc) is 3.38. The van der Waals surface area contributed by atoms with Gasteiger partial charge >= 0.3 is 0 Å². The topological polar surface area (TPSA) is 51.2 Å². The van der Waals surface area contributed by atoms with E-state index in [0.717, 1.165) is 36.6 Å². The third-order valence-corrected chi connectivity index (χ3v) is 8.00. The quantitative estimate of drug-likeness (QED) is 0.348. The summed E-state index contributed by atoms with van der Waals surface area (Å²) in [4.78, 5) is 18.7. The first-order chi connectivity index (χ1) is 18.5. The third kappa shape index (κ3) is 7.10. The van der Waals surface area contributed by atoms with Gasteiger partial charge in [-0.1, -0.05) is 61.2 Å². The Hall–Kier alpha value is -2.99. The van der Waals surface area contributed by atoms with Gasteiger partial charge in [-0.2, -0.15) is 0 Å². The van der Waals surface area contributed by atoms with Crippen molar-refractivity contribution in [3.05, 3.63) is 59.2 Å². The molecule has 1 atom stereocenters. The number of ether oxygens (including phenoxy) is 3. The number of nitrogens with zero attached hydrogens (tertiary/aromatic N) is 2. The molecule has 0 radical (unpaired) electrons. The predicted octanol–water partition coefficient (Wildman–Crippen LogP) is 6.30. The fourth-order valence-corrected chi connectivity index (χ4v) is 6.08. The van der Waals surface area contributed by atoms with Crippen molar-refractivity contribution in [2.75, 3.05) is 47.5 Å². The second-order valence-corrected chi connectivity index (χ2v) is 10.8. The van der Waals surface area contributed by atoms with Gasteiger partial charge in [-0.3, -0.25) is 9.69 Å². The molecule has 1 heterocycles. The lowest BCUT2D eigenvalue weighted by Crippen LogP contribution is -2.45. The first kappa shape index (κ1) is 28.0. The molecule has 0 spiro atoms. The standard InChI is InChI=1S/C32H44N2O4/c1-24(18-25-12-7-5-8-13-25)21-34(23-28-16-11-17-33(28)22-26-14-9-6-10-15-26)32(35)27-19-29(36-2)31(38-4)30(20-27)37-3/h5,7-8,12-13,18-20,26,28H,6,9-11,14-17,21-23H2,1-4H3/b24-18+. The molecule has 6 nitrogen and oxygen atoms in total. The molecule has 2 aliphatic rings. The van der Waals surface area contributed by atoms with Crippen molar-refractivity contribution in [2.24, 2.45) is 5.92 Å². The number of hydrogen-bond donors (Lipinski definition) is 0. The van der Waals surface area contributed by atoms with Gasteiger partial charge in [0.1, 0.15) is 0 Å². The molecule has 1 unspecified atom stereocenters. The van der Waals surface area contributed by atoms with Crippen LogP contribution in [0.1, 0.15) is 67.8 Å². The Balaban J connectivity index is 1.59. The van der Waals surface area contributed by atoms with Crippen molar-refractivity contribution in [1.29, 1.82) is 0 Å². The van der Waals surface area contributed by atoms with Crippen LogP contribution in [0.3, 0.4) is 0 Å². The molecule has 1 amide bonds. The Kier molecular flexibility index (Phi) is 10.1. The summed E-state index contributed by atoms with van der Waals surface area (Å²) in [5.41, 5.74) is 2.84. The summed E-state index contributed by atoms with van der Waals surface area (Å²) in [6.45, 7) is 5.68. The van der Waals surface area contributed by atoms with Gasteiger partial charge in [0.2, 0.25) is 5.75 Å². The largest absolute Gasteiger partial charge is 0.493 e. The molecule has 206 valence electrons. The molecule has 0 bridgehead atoms. The second-order valence-electron chi connectivity index (χ2n) is 10.8. The van der Waals surface area contributed by atoms with E-state index >= 15 is 0 Å². The molecule has 1 saturated carbocycles. The van der Waals surface area contributed by atoms with E-state index in [1.54, 1.807) is 33.5 Å². The van der Waals surface area contributed by atoms with Crippen LogP contribution in [0, 0.1) is 5.92 Å². The fourth-order valence-electron chi connectivity index (χ4n) is 6.08. The molecule has 4 rings (SSSR count). The van der Waals surface area contributed by atoms with Crippen LogP contribution in [0.25, 0.3) is 6.08 Å². The predicted molar refractivity (Wildman–Crippen MR) is 153 cm³/mol. The van der Waals surface area contributed by atoms with Gasteiger partial charge in [-0.15, -0.1) is 0 Å².